The molecular weight excluding hydrogens is 254 g/mol. The van der Waals surface area contributed by atoms with Crippen molar-refractivity contribution >= 4 is 0 Å². The minimum atomic E-state index is 0.493. The zero-order valence-electron chi connectivity index (χ0n) is 14.5. The van der Waals surface area contributed by atoms with Crippen LogP contribution in [-0.4, -0.2) is 13.1 Å². The van der Waals surface area contributed by atoms with Gasteiger partial charge in [-0.3, -0.25) is 0 Å². The average molecular weight is 287 g/mol. The smallest absolute Gasteiger partial charge is 0.00111 e. The van der Waals surface area contributed by atoms with E-state index in [0.717, 1.165) is 12.5 Å². The van der Waals surface area contributed by atoms with Crippen molar-refractivity contribution in [3.8, 4) is 0 Å². The summed E-state index contributed by atoms with van der Waals surface area (Å²) in [5.41, 5.74) is 4.85. The molecule has 0 amide bonds. The Morgan fingerprint density at radius 3 is 2.19 bits per heavy atom. The summed E-state index contributed by atoms with van der Waals surface area (Å²) >= 11 is 0. The van der Waals surface area contributed by atoms with Gasteiger partial charge in [-0.1, -0.05) is 62.4 Å². The van der Waals surface area contributed by atoms with Gasteiger partial charge in [0.15, 0.2) is 0 Å². The van der Waals surface area contributed by atoms with Gasteiger partial charge in [0.25, 0.3) is 0 Å². The average Bonchev–Trinajstić information content (AvgIpc) is 2.37. The summed E-state index contributed by atoms with van der Waals surface area (Å²) in [6.45, 7) is 11.4. The molecule has 0 bridgehead atoms. The normalized spacial score (nSPS) is 18.1. The molecule has 0 heterocycles. The predicted octanol–water partition coefficient (Wildman–Crippen LogP) is 5.04. The lowest BCUT2D eigenvalue weighted by atomic mass is 9.70. The Hall–Kier alpha value is -0.820. The minimum absolute atomic E-state index is 0.493. The molecule has 118 valence electrons. The maximum atomic E-state index is 3.74. The highest BCUT2D eigenvalue weighted by molar-refractivity contribution is 5.29. The highest BCUT2D eigenvalue weighted by Gasteiger charge is 2.31. The Labute approximate surface area is 131 Å². The third kappa shape index (κ3) is 5.14. The Morgan fingerprint density at radius 1 is 1.00 bits per heavy atom. The van der Waals surface area contributed by atoms with E-state index in [0.29, 0.717) is 5.41 Å². The van der Waals surface area contributed by atoms with Crippen LogP contribution in [-0.2, 0) is 6.42 Å². The number of benzene rings is 1. The molecule has 0 spiro atoms. The number of hydrogen-bond donors (Lipinski definition) is 1. The van der Waals surface area contributed by atoms with Crippen LogP contribution in [0.2, 0.25) is 0 Å². The van der Waals surface area contributed by atoms with Gasteiger partial charge in [0.05, 0.1) is 0 Å². The van der Waals surface area contributed by atoms with Gasteiger partial charge in [-0.2, -0.15) is 0 Å². The van der Waals surface area contributed by atoms with Gasteiger partial charge in [-0.25, -0.2) is 0 Å². The fraction of sp³-hybridized carbons (Fsp3) is 0.700. The van der Waals surface area contributed by atoms with Crippen molar-refractivity contribution in [1.29, 1.82) is 0 Å². The lowest BCUT2D eigenvalue weighted by Gasteiger charge is -2.38. The lowest BCUT2D eigenvalue weighted by molar-refractivity contribution is 0.179. The van der Waals surface area contributed by atoms with Crippen LogP contribution in [0.4, 0.5) is 0 Å². The fourth-order valence-electron chi connectivity index (χ4n) is 3.95. The first-order valence-corrected chi connectivity index (χ1v) is 8.77. The Balaban J connectivity index is 2.07. The van der Waals surface area contributed by atoms with Crippen molar-refractivity contribution in [1.82, 2.24) is 5.32 Å². The van der Waals surface area contributed by atoms with Gasteiger partial charge in [0.2, 0.25) is 0 Å². The van der Waals surface area contributed by atoms with E-state index in [1.807, 2.05) is 0 Å². The predicted molar refractivity (Wildman–Crippen MR) is 92.8 cm³/mol. The molecule has 1 aromatic rings. The zero-order valence-corrected chi connectivity index (χ0v) is 14.5. The molecule has 1 fully saturated rings. The molecule has 1 heteroatoms. The van der Waals surface area contributed by atoms with Crippen molar-refractivity contribution in [2.24, 2.45) is 11.3 Å². The van der Waals surface area contributed by atoms with Crippen LogP contribution in [0.5, 0.6) is 0 Å². The molecule has 0 radical (unpaired) electrons. The van der Waals surface area contributed by atoms with Crippen molar-refractivity contribution < 1.29 is 0 Å². The summed E-state index contributed by atoms with van der Waals surface area (Å²) in [6.07, 6.45) is 8.29. The van der Waals surface area contributed by atoms with Gasteiger partial charge in [0.1, 0.15) is 0 Å². The van der Waals surface area contributed by atoms with Gasteiger partial charge in [0, 0.05) is 6.54 Å². The van der Waals surface area contributed by atoms with Crippen LogP contribution in [0.3, 0.4) is 0 Å². The Kier molecular flexibility index (Phi) is 5.87. The van der Waals surface area contributed by atoms with Crippen LogP contribution in [0, 0.1) is 25.2 Å². The second-order valence-electron chi connectivity index (χ2n) is 7.76. The third-order valence-electron chi connectivity index (χ3n) is 4.83. The summed E-state index contributed by atoms with van der Waals surface area (Å²) in [4.78, 5) is 0. The zero-order chi connectivity index (χ0) is 15.3. The Morgan fingerprint density at radius 2 is 1.62 bits per heavy atom. The standard InChI is InChI=1S/C20H33N/c1-16(2)14-21-15-20(8-6-5-7-9-20)13-19-11-17(3)10-18(4)12-19/h10-12,16,21H,5-9,13-15H2,1-4H3. The minimum Gasteiger partial charge on any atom is -0.316 e. The number of aryl methyl sites for hydroxylation is 2. The molecule has 1 saturated carbocycles. The van der Waals surface area contributed by atoms with Crippen LogP contribution in [0.25, 0.3) is 0 Å². The van der Waals surface area contributed by atoms with E-state index in [9.17, 15) is 0 Å². The molecule has 1 N–H and O–H groups in total. The second kappa shape index (κ2) is 7.45. The van der Waals surface area contributed by atoms with Gasteiger partial charge in [-0.15, -0.1) is 0 Å². The molecule has 1 nitrogen and oxygen atoms in total. The molecule has 0 aromatic heterocycles. The first kappa shape index (κ1) is 16.5. The van der Waals surface area contributed by atoms with Crippen LogP contribution in [0.1, 0.15) is 62.6 Å². The van der Waals surface area contributed by atoms with Crippen molar-refractivity contribution in [2.75, 3.05) is 13.1 Å². The molecule has 2 rings (SSSR count). The van der Waals surface area contributed by atoms with E-state index in [2.05, 4.69) is 51.2 Å². The first-order chi connectivity index (χ1) is 9.99. The maximum Gasteiger partial charge on any atom is 0.00111 e. The molecule has 0 saturated heterocycles. The molecule has 0 aliphatic heterocycles. The summed E-state index contributed by atoms with van der Waals surface area (Å²) in [5.74, 6) is 0.742. The van der Waals surface area contributed by atoms with Crippen LogP contribution < -0.4 is 5.32 Å². The highest BCUT2D eigenvalue weighted by atomic mass is 14.9. The molecule has 0 atom stereocenters. The van der Waals surface area contributed by atoms with Crippen LogP contribution in [0.15, 0.2) is 18.2 Å². The van der Waals surface area contributed by atoms with Crippen LogP contribution >= 0.6 is 0 Å². The number of nitrogens with one attached hydrogen (secondary N) is 1. The third-order valence-corrected chi connectivity index (χ3v) is 4.83. The molecular formula is C20H33N. The van der Waals surface area contributed by atoms with E-state index in [-0.39, 0.29) is 0 Å². The SMILES string of the molecule is Cc1cc(C)cc(CC2(CNCC(C)C)CCCCC2)c1. The largest absolute Gasteiger partial charge is 0.316 e. The fourth-order valence-corrected chi connectivity index (χ4v) is 3.95. The lowest BCUT2D eigenvalue weighted by Crippen LogP contribution is -2.39. The quantitative estimate of drug-likeness (QED) is 0.772. The summed E-state index contributed by atoms with van der Waals surface area (Å²) in [5, 5.41) is 3.74. The molecule has 1 aliphatic carbocycles. The topological polar surface area (TPSA) is 12.0 Å². The van der Waals surface area contributed by atoms with Crippen molar-refractivity contribution in [3.63, 3.8) is 0 Å². The number of hydrogen-bond acceptors (Lipinski definition) is 1. The van der Waals surface area contributed by atoms with Gasteiger partial charge in [-0.05, 0) is 56.6 Å². The van der Waals surface area contributed by atoms with Crippen molar-refractivity contribution in [3.05, 3.63) is 34.9 Å². The van der Waals surface area contributed by atoms with Crippen molar-refractivity contribution in [2.45, 2.75) is 66.2 Å². The monoisotopic (exact) mass is 287 g/mol. The van der Waals surface area contributed by atoms with E-state index in [4.69, 9.17) is 0 Å². The maximum absolute atomic E-state index is 3.74. The van der Waals surface area contributed by atoms with Gasteiger partial charge < -0.3 is 5.32 Å². The summed E-state index contributed by atoms with van der Waals surface area (Å²) < 4.78 is 0. The van der Waals surface area contributed by atoms with E-state index >= 15 is 0 Å². The summed E-state index contributed by atoms with van der Waals surface area (Å²) in [6, 6.07) is 7.08. The first-order valence-electron chi connectivity index (χ1n) is 8.77. The molecule has 1 aromatic carbocycles. The van der Waals surface area contributed by atoms with E-state index < -0.39 is 0 Å². The molecule has 1 aliphatic rings. The molecule has 21 heavy (non-hydrogen) atoms. The second-order valence-corrected chi connectivity index (χ2v) is 7.76. The highest BCUT2D eigenvalue weighted by Crippen LogP contribution is 2.39. The van der Waals surface area contributed by atoms with E-state index in [1.165, 1.54) is 56.2 Å². The van der Waals surface area contributed by atoms with Gasteiger partial charge >= 0.3 is 0 Å². The van der Waals surface area contributed by atoms with E-state index in [1.54, 1.807) is 5.56 Å². The molecule has 0 unspecified atom stereocenters. The number of rotatable bonds is 6. The Bertz CT molecular complexity index is 421. The summed E-state index contributed by atoms with van der Waals surface area (Å²) in [7, 11) is 0.